The van der Waals surface area contributed by atoms with Gasteiger partial charge < -0.3 is 27.2 Å². The van der Waals surface area contributed by atoms with E-state index in [0.29, 0.717) is 33.6 Å². The van der Waals surface area contributed by atoms with E-state index in [1.165, 1.54) is 5.56 Å². The van der Waals surface area contributed by atoms with Gasteiger partial charge in [-0.15, -0.1) is 0 Å². The van der Waals surface area contributed by atoms with Gasteiger partial charge in [-0.05, 0) is 159 Å². The molecule has 79 heavy (non-hydrogen) atoms. The van der Waals surface area contributed by atoms with Crippen LogP contribution in [-0.4, -0.2) is 64.5 Å². The van der Waals surface area contributed by atoms with Crippen LogP contribution < -0.4 is 32.0 Å². The van der Waals surface area contributed by atoms with Gasteiger partial charge in [-0.25, -0.2) is 34.6 Å². The van der Waals surface area contributed by atoms with Crippen molar-refractivity contribution in [3.05, 3.63) is 117 Å². The molecule has 0 bridgehead atoms. The number of amides is 3. The third kappa shape index (κ3) is 45.2. The summed E-state index contributed by atoms with van der Waals surface area (Å²) in [5, 5.41) is 25.2. The van der Waals surface area contributed by atoms with Crippen LogP contribution >= 0.6 is 73.7 Å². The Labute approximate surface area is 495 Å². The number of anilines is 5. The summed E-state index contributed by atoms with van der Waals surface area (Å²) in [5.41, 5.74) is 14.3. The lowest BCUT2D eigenvalue weighted by molar-refractivity contribution is -0.657. The molecular weight excluding hydrogens is 1160 g/mol. The molecule has 0 saturated carbocycles. The van der Waals surface area contributed by atoms with Crippen LogP contribution in [0.4, 0.5) is 29.1 Å². The molecule has 5 heterocycles. The summed E-state index contributed by atoms with van der Waals surface area (Å²) in [7, 11) is 1.92. The Hall–Kier alpha value is -5.21. The van der Waals surface area contributed by atoms with Gasteiger partial charge >= 0.3 is 11.1 Å². The molecule has 26 heteroatoms. The monoisotopic (exact) mass is 1240 g/mol. The third-order valence-corrected chi connectivity index (χ3v) is 9.91. The number of aliphatic carboxylic acids is 1. The second-order valence-electron chi connectivity index (χ2n) is 20.9. The van der Waals surface area contributed by atoms with E-state index in [9.17, 15) is 23.7 Å². The molecule has 0 aliphatic rings. The number of nitrogens with two attached hydrogens (primary N) is 2. The van der Waals surface area contributed by atoms with Gasteiger partial charge in [0.15, 0.2) is 0 Å². The Morgan fingerprint density at radius 3 is 1.18 bits per heavy atom. The number of aryl methyl sites for hydroxylation is 6. The molecule has 10 N–H and O–H groups in total. The second-order valence-corrected chi connectivity index (χ2v) is 28.6. The van der Waals surface area contributed by atoms with Crippen molar-refractivity contribution < 1.29 is 48.7 Å². The van der Waals surface area contributed by atoms with Crippen LogP contribution in [0, 0.1) is 56.3 Å². The van der Waals surface area contributed by atoms with E-state index < -0.39 is 16.6 Å². The molecule has 0 unspecified atom stereocenters. The number of halogens is 6. The van der Waals surface area contributed by atoms with Crippen molar-refractivity contribution in [1.29, 1.82) is 0 Å². The first-order valence-corrected chi connectivity index (χ1v) is 29.0. The minimum Gasteiger partial charge on any atom is -0.481 e. The van der Waals surface area contributed by atoms with Crippen LogP contribution in [0.5, 0.6) is 0 Å². The van der Waals surface area contributed by atoms with E-state index in [1.807, 2.05) is 151 Å². The Balaban J connectivity index is -0.000000418. The summed E-state index contributed by atoms with van der Waals surface area (Å²) in [5.74, 6) is 2.06. The summed E-state index contributed by atoms with van der Waals surface area (Å²) in [6, 6.07) is 18.5. The van der Waals surface area contributed by atoms with Crippen molar-refractivity contribution >= 4 is 132 Å². The van der Waals surface area contributed by atoms with Crippen LogP contribution in [-0.2, 0) is 35.6 Å². The lowest BCUT2D eigenvalue weighted by Gasteiger charge is -2.17. The molecule has 0 atom stereocenters. The van der Waals surface area contributed by atoms with Crippen molar-refractivity contribution in [3.63, 3.8) is 0 Å². The number of nitrogens with zero attached hydrogens (tertiary/aromatic N) is 5. The van der Waals surface area contributed by atoms with Crippen molar-refractivity contribution in [3.8, 4) is 0 Å². The molecule has 5 aromatic heterocycles. The van der Waals surface area contributed by atoms with Crippen LogP contribution in [0.3, 0.4) is 0 Å². The number of pyridine rings is 5. The quantitative estimate of drug-likeness (QED) is 0.0208. The lowest BCUT2D eigenvalue weighted by atomic mass is 9.96. The fourth-order valence-electron chi connectivity index (χ4n) is 3.90. The number of hydrogen-bond donors (Lipinski definition) is 8. The topological polar surface area (TPSA) is 307 Å². The highest BCUT2D eigenvalue weighted by Crippen LogP contribution is 2.61. The molecule has 0 aliphatic carbocycles. The summed E-state index contributed by atoms with van der Waals surface area (Å²) in [6.45, 7) is 33.0. The number of nitrogens with one attached hydrogen (secondary N) is 3. The number of carboxylic acid groups (broad SMARTS) is 1. The van der Waals surface area contributed by atoms with Crippen LogP contribution in [0.1, 0.15) is 118 Å². The van der Waals surface area contributed by atoms with Gasteiger partial charge in [0.25, 0.3) is 11.8 Å². The molecule has 3 amide bonds. The largest absolute Gasteiger partial charge is 0.481 e. The van der Waals surface area contributed by atoms with Crippen molar-refractivity contribution in [2.24, 2.45) is 28.7 Å². The highest BCUT2D eigenvalue weighted by Gasteiger charge is 2.27. The Kier molecular flexibility index (Phi) is 39.1. The summed E-state index contributed by atoms with van der Waals surface area (Å²) >= 11 is 30.4. The first kappa shape index (κ1) is 80.3. The Morgan fingerprint density at radius 2 is 0.873 bits per heavy atom. The SMILES string of the molecule is CC(=O)O.CC(C)(C)C(=O)Cl.Cc1ccc(N)nc1.Cc1ccc(N)nc1Cl.Cc1ccc(NC(=O)C(C)(C)C)[n+](C)c1.Cc1ccc(NC(=O)C(C)(C)C)nc1.Cc1ccc(NC(=O)C(C)(C)C)nc1Cl.O=P(Cl)(Cl)Cl.OO. The molecule has 19 nitrogen and oxygen atoms in total. The molecule has 0 radical (unpaired) electrons. The maximum Gasteiger partial charge on any atom is 0.339 e. The minimum atomic E-state index is -3.22. The van der Waals surface area contributed by atoms with Crippen molar-refractivity contribution in [2.45, 2.75) is 125 Å². The van der Waals surface area contributed by atoms with Crippen LogP contribution in [0.2, 0.25) is 10.3 Å². The van der Waals surface area contributed by atoms with Gasteiger partial charge in [0.1, 0.15) is 33.6 Å². The highest BCUT2D eigenvalue weighted by molar-refractivity contribution is 8.24. The number of carbonyl (C=O) groups excluding carboxylic acids is 4. The molecule has 0 aliphatic heterocycles. The van der Waals surface area contributed by atoms with Gasteiger partial charge in [-0.3, -0.25) is 34.3 Å². The molecule has 442 valence electrons. The van der Waals surface area contributed by atoms with Crippen molar-refractivity contribution in [1.82, 2.24) is 19.9 Å². The number of carbonyl (C=O) groups is 5. The molecular formula is C53H80Cl6N10O9P+. The zero-order chi connectivity index (χ0) is 63.0. The maximum absolute atomic E-state index is 11.7. The number of nitrogen functional groups attached to an aromatic ring is 2. The predicted molar refractivity (Wildman–Crippen MR) is 325 cm³/mol. The molecule has 0 aromatic carbocycles. The standard InChI is InChI=1S/C12H18N2O.C11H15ClN2O.C11H16N2O.C6H7ClN2.C6H8N2.C5H9ClO.C2H4O2.Cl3OP.H2O2/c1-9-6-7-10(14(5)8-9)13-11(15)12(2,3)4;1-7-5-6-8(13-9(7)12)14-10(15)11(2,3)4;1-8-5-6-9(12-7-8)13-10(14)11(2,3)4;1-4-2-3-5(8)9-6(4)7;1-5-2-3-6(7)8-4-5;1-5(2,3)4(6)7;1-2(3)4;1-5(2,3)4;1-2/h6-8H,1-5H3;5-6H,1-4H3,(H,13,14,15);5-7H,1-4H3,(H,12,13,14);2-3H,1H3,(H2,8,9);2-4H,1H3,(H2,7,8);1-3H3;1H3,(H,3,4);;1-2H/p+1. The van der Waals surface area contributed by atoms with Gasteiger partial charge in [0.05, 0.1) is 18.7 Å². The Bertz CT molecular complexity index is 2680. The van der Waals surface area contributed by atoms with E-state index >= 15 is 0 Å². The van der Waals surface area contributed by atoms with Crippen molar-refractivity contribution in [2.75, 3.05) is 27.4 Å². The molecule has 5 rings (SSSR count). The third-order valence-electron chi connectivity index (χ3n) is 8.58. The van der Waals surface area contributed by atoms with E-state index in [4.69, 9.17) is 66.7 Å². The van der Waals surface area contributed by atoms with Crippen LogP contribution in [0.15, 0.2) is 79.3 Å². The van der Waals surface area contributed by atoms with Crippen LogP contribution in [0.25, 0.3) is 0 Å². The zero-order valence-corrected chi connectivity index (χ0v) is 53.8. The van der Waals surface area contributed by atoms with Gasteiger partial charge in [-0.1, -0.05) is 110 Å². The predicted octanol–water partition coefficient (Wildman–Crippen LogP) is 14.5. The number of carboxylic acids is 1. The summed E-state index contributed by atoms with van der Waals surface area (Å²) in [6.07, 6.45) is 5.46. The molecule has 5 aromatic rings. The number of rotatable bonds is 3. The van der Waals surface area contributed by atoms with E-state index in [-0.39, 0.29) is 39.2 Å². The maximum atomic E-state index is 11.7. The first-order chi connectivity index (χ1) is 35.7. The lowest BCUT2D eigenvalue weighted by Crippen LogP contribution is -2.37. The fraction of sp³-hybridized carbons (Fsp3) is 0.434. The smallest absolute Gasteiger partial charge is 0.339 e. The average molecular weight is 1240 g/mol. The van der Waals surface area contributed by atoms with E-state index in [2.05, 4.69) is 69.6 Å². The molecule has 0 fully saturated rings. The minimum absolute atomic E-state index is 0.0196. The zero-order valence-electron chi connectivity index (χ0n) is 48.4. The molecule has 0 spiro atoms. The van der Waals surface area contributed by atoms with Gasteiger partial charge in [-0.2, -0.15) is 0 Å². The number of aromatic nitrogens is 5. The number of hydrogen-bond acceptors (Lipinski definition) is 14. The van der Waals surface area contributed by atoms with Gasteiger partial charge in [0.2, 0.25) is 17.1 Å². The van der Waals surface area contributed by atoms with E-state index in [0.717, 1.165) is 35.0 Å². The van der Waals surface area contributed by atoms with Gasteiger partial charge in [0, 0.05) is 41.6 Å². The molecule has 0 saturated heterocycles. The average Bonchev–Trinajstić information content (AvgIpc) is 3.29. The first-order valence-electron chi connectivity index (χ1n) is 23.5. The van der Waals surface area contributed by atoms with E-state index in [1.54, 1.807) is 57.4 Å². The normalized spacial score (nSPS) is 10.4. The summed E-state index contributed by atoms with van der Waals surface area (Å²) < 4.78 is 11.4. The Morgan fingerprint density at radius 1 is 0.544 bits per heavy atom. The second kappa shape index (κ2) is 38.4. The fourth-order valence-corrected chi connectivity index (χ4v) is 4.21. The highest BCUT2D eigenvalue weighted by atomic mass is 36.0. The summed E-state index contributed by atoms with van der Waals surface area (Å²) in [4.78, 5) is 70.0.